The van der Waals surface area contributed by atoms with Crippen LogP contribution in [0.25, 0.3) is 10.9 Å². The summed E-state index contributed by atoms with van der Waals surface area (Å²) in [6.07, 6.45) is 0.591. The van der Waals surface area contributed by atoms with Crippen LogP contribution in [-0.2, 0) is 13.1 Å². The molecule has 0 aliphatic heterocycles. The van der Waals surface area contributed by atoms with Crippen LogP contribution < -0.4 is 5.56 Å². The number of benzene rings is 2. The third-order valence-electron chi connectivity index (χ3n) is 6.08. The third kappa shape index (κ3) is 5.40. The van der Waals surface area contributed by atoms with Gasteiger partial charge in [-0.05, 0) is 58.8 Å². The van der Waals surface area contributed by atoms with E-state index in [4.69, 9.17) is 0 Å². The highest BCUT2D eigenvalue weighted by molar-refractivity contribution is 5.79. The Hall–Kier alpha value is -3.36. The zero-order valence-corrected chi connectivity index (χ0v) is 20.0. The lowest BCUT2D eigenvalue weighted by atomic mass is 10.00. The van der Waals surface area contributed by atoms with Gasteiger partial charge in [0.1, 0.15) is 0 Å². The second-order valence-electron chi connectivity index (χ2n) is 9.13. The van der Waals surface area contributed by atoms with E-state index in [2.05, 4.69) is 57.5 Å². The molecule has 0 unspecified atom stereocenters. The number of nitrogens with zero attached hydrogens (tertiary/aromatic N) is 5. The second kappa shape index (κ2) is 10.7. The van der Waals surface area contributed by atoms with Crippen molar-refractivity contribution in [3.63, 3.8) is 0 Å². The predicted octanol–water partition coefficient (Wildman–Crippen LogP) is 3.45. The molecule has 0 amide bonds. The van der Waals surface area contributed by atoms with Crippen molar-refractivity contribution in [1.29, 1.82) is 0 Å². The van der Waals surface area contributed by atoms with Gasteiger partial charge >= 0.3 is 0 Å². The van der Waals surface area contributed by atoms with Crippen LogP contribution in [-0.4, -0.2) is 48.3 Å². The first-order chi connectivity index (χ1) is 16.5. The zero-order valence-electron chi connectivity index (χ0n) is 20.0. The van der Waals surface area contributed by atoms with Gasteiger partial charge in [0.15, 0.2) is 5.82 Å². The molecule has 0 radical (unpaired) electrons. The van der Waals surface area contributed by atoms with Crippen molar-refractivity contribution in [3.8, 4) is 0 Å². The molecule has 4 aromatic rings. The molecule has 0 bridgehead atoms. The van der Waals surface area contributed by atoms with Crippen molar-refractivity contribution in [2.45, 2.75) is 46.3 Å². The average molecular weight is 461 g/mol. The van der Waals surface area contributed by atoms with Gasteiger partial charge in [0, 0.05) is 30.8 Å². The van der Waals surface area contributed by atoms with Crippen molar-refractivity contribution in [1.82, 2.24) is 30.1 Å². The highest BCUT2D eigenvalue weighted by Crippen LogP contribution is 2.29. The number of aromatic nitrogens is 5. The molecular weight excluding hydrogens is 428 g/mol. The molecule has 8 nitrogen and oxygen atoms in total. The summed E-state index contributed by atoms with van der Waals surface area (Å²) in [7, 11) is 0. The molecule has 0 saturated carbocycles. The molecule has 1 atom stereocenters. The summed E-state index contributed by atoms with van der Waals surface area (Å²) in [5.41, 5.74) is 3.67. The summed E-state index contributed by atoms with van der Waals surface area (Å²) in [5, 5.41) is 23.2. The van der Waals surface area contributed by atoms with E-state index in [1.54, 1.807) is 0 Å². The molecule has 0 aliphatic carbocycles. The van der Waals surface area contributed by atoms with Gasteiger partial charge in [-0.1, -0.05) is 55.8 Å². The Bertz CT molecular complexity index is 1280. The quantitative estimate of drug-likeness (QED) is 0.376. The highest BCUT2D eigenvalue weighted by Gasteiger charge is 2.29. The van der Waals surface area contributed by atoms with Gasteiger partial charge in [-0.3, -0.25) is 9.69 Å². The summed E-state index contributed by atoms with van der Waals surface area (Å²) in [5.74, 6) is 0.936. The number of hydrogen-bond acceptors (Lipinski definition) is 6. The number of fused-ring (bicyclic) bond motifs is 1. The van der Waals surface area contributed by atoms with Gasteiger partial charge in [0.25, 0.3) is 5.56 Å². The smallest absolute Gasteiger partial charge is 0.252 e. The molecule has 2 heterocycles. The lowest BCUT2D eigenvalue weighted by Gasteiger charge is -2.33. The Kier molecular flexibility index (Phi) is 7.49. The zero-order chi connectivity index (χ0) is 24.1. The maximum absolute atomic E-state index is 12.9. The molecule has 178 valence electrons. The Labute approximate surface area is 199 Å². The number of H-pyrrole nitrogens is 1. The molecule has 2 aromatic heterocycles. The van der Waals surface area contributed by atoms with Crippen LogP contribution in [0.15, 0.2) is 59.4 Å². The van der Waals surface area contributed by atoms with Gasteiger partial charge in [-0.25, -0.2) is 4.68 Å². The monoisotopic (exact) mass is 460 g/mol. The maximum atomic E-state index is 12.9. The molecule has 0 spiro atoms. The lowest BCUT2D eigenvalue weighted by Crippen LogP contribution is -2.36. The van der Waals surface area contributed by atoms with E-state index in [-0.39, 0.29) is 24.1 Å². The van der Waals surface area contributed by atoms with Crippen LogP contribution in [0, 0.1) is 12.8 Å². The van der Waals surface area contributed by atoms with Crippen molar-refractivity contribution in [3.05, 3.63) is 87.5 Å². The summed E-state index contributed by atoms with van der Waals surface area (Å²) in [6, 6.07) is 17.9. The molecule has 0 fully saturated rings. The number of aromatic amines is 1. The summed E-state index contributed by atoms with van der Waals surface area (Å²) in [6.45, 7) is 7.99. The minimum atomic E-state index is -0.127. The fourth-order valence-electron chi connectivity index (χ4n) is 4.47. The van der Waals surface area contributed by atoms with E-state index in [9.17, 15) is 9.90 Å². The molecule has 2 aromatic carbocycles. The van der Waals surface area contributed by atoms with Crippen molar-refractivity contribution in [2.24, 2.45) is 5.92 Å². The average Bonchev–Trinajstić information content (AvgIpc) is 3.26. The summed E-state index contributed by atoms with van der Waals surface area (Å²) >= 11 is 0. The van der Waals surface area contributed by atoms with E-state index in [0.717, 1.165) is 27.9 Å². The minimum absolute atomic E-state index is 0.0730. The largest absolute Gasteiger partial charge is 0.396 e. The minimum Gasteiger partial charge on any atom is -0.396 e. The van der Waals surface area contributed by atoms with Crippen molar-refractivity contribution >= 4 is 10.9 Å². The molecule has 8 heteroatoms. The van der Waals surface area contributed by atoms with E-state index in [1.807, 2.05) is 48.0 Å². The van der Waals surface area contributed by atoms with E-state index >= 15 is 0 Å². The van der Waals surface area contributed by atoms with Crippen LogP contribution >= 0.6 is 0 Å². The highest BCUT2D eigenvalue weighted by atomic mass is 16.3. The third-order valence-corrected chi connectivity index (χ3v) is 6.08. The van der Waals surface area contributed by atoms with Gasteiger partial charge in [0.2, 0.25) is 0 Å². The SMILES string of the molecule is Cc1ccc2[nH]c(=O)c(CN(CCCO)[C@@H](c3nnnn3Cc3ccccc3)C(C)C)cc2c1. The molecule has 0 aliphatic rings. The maximum Gasteiger partial charge on any atom is 0.252 e. The molecular formula is C26H32N6O2. The van der Waals surface area contributed by atoms with E-state index in [0.29, 0.717) is 31.6 Å². The van der Waals surface area contributed by atoms with Crippen molar-refractivity contribution < 1.29 is 5.11 Å². The van der Waals surface area contributed by atoms with Crippen molar-refractivity contribution in [2.75, 3.05) is 13.2 Å². The summed E-state index contributed by atoms with van der Waals surface area (Å²) in [4.78, 5) is 18.2. The Morgan fingerprint density at radius 3 is 2.65 bits per heavy atom. The Morgan fingerprint density at radius 1 is 1.12 bits per heavy atom. The normalized spacial score (nSPS) is 12.6. The molecule has 0 saturated heterocycles. The number of nitrogens with one attached hydrogen (secondary N) is 1. The second-order valence-corrected chi connectivity index (χ2v) is 9.13. The van der Waals surface area contributed by atoms with Gasteiger partial charge in [0.05, 0.1) is 12.6 Å². The standard InChI is InChI=1S/C26H32N6O2/c1-18(2)24(25-28-29-30-32(25)16-20-8-5-4-6-9-20)31(12-7-13-33)17-22-15-21-14-19(3)10-11-23(21)27-26(22)34/h4-6,8-11,14-15,18,24,33H,7,12-13,16-17H2,1-3H3,(H,27,34)/t24-/m1/s1. The molecule has 4 rings (SSSR count). The summed E-state index contributed by atoms with van der Waals surface area (Å²) < 4.78 is 1.83. The van der Waals surface area contributed by atoms with Gasteiger partial charge < -0.3 is 10.1 Å². The number of pyridine rings is 1. The first-order valence-electron chi connectivity index (χ1n) is 11.7. The van der Waals surface area contributed by atoms with E-state index < -0.39 is 0 Å². The Morgan fingerprint density at radius 2 is 1.91 bits per heavy atom. The lowest BCUT2D eigenvalue weighted by molar-refractivity contribution is 0.122. The number of hydrogen-bond donors (Lipinski definition) is 2. The number of aryl methyl sites for hydroxylation is 1. The van der Waals surface area contributed by atoms with Crippen LogP contribution in [0.1, 0.15) is 48.8 Å². The van der Waals surface area contributed by atoms with Crippen LogP contribution in [0.5, 0.6) is 0 Å². The molecule has 2 N–H and O–H groups in total. The fourth-order valence-corrected chi connectivity index (χ4v) is 4.47. The number of tetrazole rings is 1. The number of aliphatic hydroxyl groups is 1. The predicted molar refractivity (Wildman–Crippen MR) is 132 cm³/mol. The van der Waals surface area contributed by atoms with Gasteiger partial charge in [-0.2, -0.15) is 0 Å². The van der Waals surface area contributed by atoms with E-state index in [1.165, 1.54) is 0 Å². The van der Waals surface area contributed by atoms with Crippen LogP contribution in [0.3, 0.4) is 0 Å². The number of rotatable bonds is 10. The van der Waals surface area contributed by atoms with Crippen LogP contribution in [0.2, 0.25) is 0 Å². The van der Waals surface area contributed by atoms with Gasteiger partial charge in [-0.15, -0.1) is 5.10 Å². The number of aliphatic hydroxyl groups excluding tert-OH is 1. The molecule has 34 heavy (non-hydrogen) atoms. The van der Waals surface area contributed by atoms with Crippen LogP contribution in [0.4, 0.5) is 0 Å². The first-order valence-corrected chi connectivity index (χ1v) is 11.7. The first kappa shape index (κ1) is 23.8. The topological polar surface area (TPSA) is 99.9 Å². The Balaban J connectivity index is 1.69. The fraction of sp³-hybridized carbons (Fsp3) is 0.385.